The van der Waals surface area contributed by atoms with E-state index in [1.165, 1.54) is 0 Å². The fourth-order valence-corrected chi connectivity index (χ4v) is 2.93. The van der Waals surface area contributed by atoms with Crippen LogP contribution in [-0.4, -0.2) is 36.2 Å². The molecule has 118 valence electrons. The van der Waals surface area contributed by atoms with Crippen molar-refractivity contribution in [3.63, 3.8) is 0 Å². The molecule has 0 saturated heterocycles. The molecule has 0 saturated carbocycles. The number of aromatic nitrogens is 2. The molecule has 3 rings (SSSR count). The van der Waals surface area contributed by atoms with Crippen molar-refractivity contribution in [2.24, 2.45) is 0 Å². The molecule has 0 radical (unpaired) electrons. The van der Waals surface area contributed by atoms with Crippen molar-refractivity contribution in [3.05, 3.63) is 59.6 Å². The van der Waals surface area contributed by atoms with Crippen molar-refractivity contribution >= 4 is 22.9 Å². The molecule has 0 atom stereocenters. The summed E-state index contributed by atoms with van der Waals surface area (Å²) in [4.78, 5) is 15.3. The highest BCUT2D eigenvalue weighted by Gasteiger charge is 2.11. The number of nitrogens with one attached hydrogen (secondary N) is 2. The summed E-state index contributed by atoms with van der Waals surface area (Å²) in [6, 6.07) is 15.8. The van der Waals surface area contributed by atoms with Gasteiger partial charge in [0, 0.05) is 25.8 Å². The van der Waals surface area contributed by atoms with E-state index in [1.54, 1.807) is 17.4 Å². The van der Waals surface area contributed by atoms with Crippen LogP contribution in [0.1, 0.15) is 10.5 Å². The number of likely N-dealkylation sites (N-methyl/N-ethyl adjacent to an activating group) is 1. The van der Waals surface area contributed by atoms with Gasteiger partial charge < -0.3 is 10.2 Å². The van der Waals surface area contributed by atoms with Gasteiger partial charge >= 0.3 is 0 Å². The summed E-state index contributed by atoms with van der Waals surface area (Å²) in [5.41, 5.74) is 2.41. The maximum absolute atomic E-state index is 12.1. The summed E-state index contributed by atoms with van der Waals surface area (Å²) in [5.74, 6) is -0.162. The predicted molar refractivity (Wildman–Crippen MR) is 93.9 cm³/mol. The Morgan fingerprint density at radius 3 is 2.83 bits per heavy atom. The lowest BCUT2D eigenvalue weighted by Gasteiger charge is -2.19. The molecular weight excluding hydrogens is 308 g/mol. The highest BCUT2D eigenvalue weighted by atomic mass is 32.1. The fraction of sp³-hybridized carbons (Fsp3) is 0.176. The zero-order valence-corrected chi connectivity index (χ0v) is 13.6. The molecule has 2 heterocycles. The summed E-state index contributed by atoms with van der Waals surface area (Å²) in [5, 5.41) is 11.9. The van der Waals surface area contributed by atoms with Crippen molar-refractivity contribution in [2.45, 2.75) is 0 Å². The van der Waals surface area contributed by atoms with Gasteiger partial charge in [-0.05, 0) is 29.6 Å². The first-order chi connectivity index (χ1) is 11.2. The quantitative estimate of drug-likeness (QED) is 0.732. The Kier molecular flexibility index (Phi) is 4.73. The zero-order valence-electron chi connectivity index (χ0n) is 12.8. The average Bonchev–Trinajstić information content (AvgIpc) is 3.26. The minimum Gasteiger partial charge on any atom is -0.373 e. The van der Waals surface area contributed by atoms with Crippen LogP contribution in [0.25, 0.3) is 10.6 Å². The number of hydrogen-bond acceptors (Lipinski definition) is 4. The number of nitrogens with zero attached hydrogens (tertiary/aromatic N) is 2. The van der Waals surface area contributed by atoms with Gasteiger partial charge in [0.15, 0.2) is 5.69 Å². The Hall–Kier alpha value is -2.60. The van der Waals surface area contributed by atoms with Crippen LogP contribution in [0.3, 0.4) is 0 Å². The van der Waals surface area contributed by atoms with E-state index in [2.05, 4.69) is 20.4 Å². The second-order valence-electron chi connectivity index (χ2n) is 5.16. The Bertz CT molecular complexity index is 752. The molecule has 2 N–H and O–H groups in total. The minimum atomic E-state index is -0.162. The van der Waals surface area contributed by atoms with Crippen LogP contribution >= 0.6 is 11.3 Å². The zero-order chi connectivity index (χ0) is 16.1. The van der Waals surface area contributed by atoms with Crippen LogP contribution < -0.4 is 10.2 Å². The van der Waals surface area contributed by atoms with Crippen molar-refractivity contribution in [2.75, 3.05) is 25.0 Å². The van der Waals surface area contributed by atoms with E-state index in [0.29, 0.717) is 12.2 Å². The molecule has 0 aliphatic rings. The van der Waals surface area contributed by atoms with Crippen LogP contribution in [-0.2, 0) is 0 Å². The van der Waals surface area contributed by atoms with Gasteiger partial charge in [0.25, 0.3) is 5.91 Å². The molecule has 2 aromatic heterocycles. The second kappa shape index (κ2) is 7.11. The standard InChI is InChI=1S/C17H18N4OS/c1-21(13-6-3-2-4-7-13)10-9-18-17(22)15-12-14(19-20-15)16-8-5-11-23-16/h2-8,11-12H,9-10H2,1H3,(H,18,22)(H,19,20). The van der Waals surface area contributed by atoms with E-state index in [0.717, 1.165) is 22.8 Å². The van der Waals surface area contributed by atoms with Crippen LogP contribution in [0.15, 0.2) is 53.9 Å². The number of carbonyl (C=O) groups excluding carboxylic acids is 1. The van der Waals surface area contributed by atoms with Gasteiger partial charge in [-0.25, -0.2) is 0 Å². The monoisotopic (exact) mass is 326 g/mol. The predicted octanol–water partition coefficient (Wildman–Crippen LogP) is 3.00. The molecule has 0 fully saturated rings. The third kappa shape index (κ3) is 3.78. The Morgan fingerprint density at radius 1 is 1.26 bits per heavy atom. The maximum atomic E-state index is 12.1. The van der Waals surface area contributed by atoms with Crippen molar-refractivity contribution in [1.29, 1.82) is 0 Å². The fourth-order valence-electron chi connectivity index (χ4n) is 2.24. The molecule has 0 aliphatic heterocycles. The van der Waals surface area contributed by atoms with Gasteiger partial charge in [-0.2, -0.15) is 5.10 Å². The summed E-state index contributed by atoms with van der Waals surface area (Å²) in [6.45, 7) is 1.30. The highest BCUT2D eigenvalue weighted by molar-refractivity contribution is 7.13. The van der Waals surface area contributed by atoms with Crippen LogP contribution in [0.4, 0.5) is 5.69 Å². The average molecular weight is 326 g/mol. The molecular formula is C17H18N4OS. The second-order valence-corrected chi connectivity index (χ2v) is 6.10. The van der Waals surface area contributed by atoms with E-state index in [1.807, 2.05) is 54.9 Å². The van der Waals surface area contributed by atoms with Crippen molar-refractivity contribution in [3.8, 4) is 10.6 Å². The first-order valence-electron chi connectivity index (χ1n) is 7.38. The molecule has 23 heavy (non-hydrogen) atoms. The molecule has 5 nitrogen and oxygen atoms in total. The van der Waals surface area contributed by atoms with E-state index < -0.39 is 0 Å². The van der Waals surface area contributed by atoms with Gasteiger partial charge in [-0.15, -0.1) is 11.3 Å². The number of carbonyl (C=O) groups is 1. The smallest absolute Gasteiger partial charge is 0.271 e. The lowest BCUT2D eigenvalue weighted by atomic mass is 10.3. The number of H-pyrrole nitrogens is 1. The number of amides is 1. The maximum Gasteiger partial charge on any atom is 0.271 e. The van der Waals surface area contributed by atoms with Crippen LogP contribution in [0.2, 0.25) is 0 Å². The van der Waals surface area contributed by atoms with E-state index in [4.69, 9.17) is 0 Å². The molecule has 0 unspecified atom stereocenters. The van der Waals surface area contributed by atoms with Gasteiger partial charge in [-0.3, -0.25) is 9.89 Å². The highest BCUT2D eigenvalue weighted by Crippen LogP contribution is 2.22. The number of benzene rings is 1. The summed E-state index contributed by atoms with van der Waals surface area (Å²) < 4.78 is 0. The Morgan fingerprint density at radius 2 is 2.09 bits per heavy atom. The van der Waals surface area contributed by atoms with E-state index in [-0.39, 0.29) is 5.91 Å². The SMILES string of the molecule is CN(CCNC(=O)c1cc(-c2cccs2)[nH]n1)c1ccccc1. The first-order valence-corrected chi connectivity index (χ1v) is 8.25. The van der Waals surface area contributed by atoms with E-state index >= 15 is 0 Å². The summed E-state index contributed by atoms with van der Waals surface area (Å²) >= 11 is 1.61. The molecule has 6 heteroatoms. The van der Waals surface area contributed by atoms with Gasteiger partial charge in [0.2, 0.25) is 0 Å². The van der Waals surface area contributed by atoms with Gasteiger partial charge in [0.05, 0.1) is 10.6 Å². The van der Waals surface area contributed by atoms with Crippen LogP contribution in [0, 0.1) is 0 Å². The lowest BCUT2D eigenvalue weighted by Crippen LogP contribution is -2.33. The Balaban J connectivity index is 1.52. The molecule has 0 bridgehead atoms. The van der Waals surface area contributed by atoms with E-state index in [9.17, 15) is 4.79 Å². The third-order valence-electron chi connectivity index (χ3n) is 3.53. The van der Waals surface area contributed by atoms with Gasteiger partial charge in [0.1, 0.15) is 0 Å². The van der Waals surface area contributed by atoms with Crippen molar-refractivity contribution in [1.82, 2.24) is 15.5 Å². The number of thiophene rings is 1. The number of anilines is 1. The number of hydrogen-bond donors (Lipinski definition) is 2. The number of aromatic amines is 1. The normalized spacial score (nSPS) is 10.5. The summed E-state index contributed by atoms with van der Waals surface area (Å²) in [6.07, 6.45) is 0. The Labute approximate surface area is 139 Å². The molecule has 0 spiro atoms. The summed E-state index contributed by atoms with van der Waals surface area (Å²) in [7, 11) is 2.00. The molecule has 3 aromatic rings. The minimum absolute atomic E-state index is 0.162. The lowest BCUT2D eigenvalue weighted by molar-refractivity contribution is 0.0949. The topological polar surface area (TPSA) is 61.0 Å². The largest absolute Gasteiger partial charge is 0.373 e. The molecule has 1 aromatic carbocycles. The van der Waals surface area contributed by atoms with Crippen LogP contribution in [0.5, 0.6) is 0 Å². The van der Waals surface area contributed by atoms with Crippen molar-refractivity contribution < 1.29 is 4.79 Å². The first kappa shape index (κ1) is 15.3. The molecule has 1 amide bonds. The number of para-hydroxylation sites is 1. The third-order valence-corrected chi connectivity index (χ3v) is 4.43. The number of rotatable bonds is 6. The molecule has 0 aliphatic carbocycles. The van der Waals surface area contributed by atoms with Gasteiger partial charge in [-0.1, -0.05) is 24.3 Å².